The van der Waals surface area contributed by atoms with Gasteiger partial charge in [-0.25, -0.2) is 13.3 Å². The third kappa shape index (κ3) is 5.06. The Kier molecular flexibility index (Phi) is 7.07. The van der Waals surface area contributed by atoms with Crippen LogP contribution in [0.25, 0.3) is 38.4 Å². The van der Waals surface area contributed by atoms with E-state index < -0.39 is 11.8 Å². The molecular formula is C36H40F2N6O3. The number of piperidine rings is 1. The zero-order chi connectivity index (χ0) is 32.7. The molecule has 5 aromatic rings. The first-order chi connectivity index (χ1) is 22.5. The molecule has 3 aliphatic rings. The van der Waals surface area contributed by atoms with Gasteiger partial charge in [-0.05, 0) is 99.2 Å². The summed E-state index contributed by atoms with van der Waals surface area (Å²) in [5.41, 5.74) is 2.68. The number of aryl methyl sites for hydroxylation is 2. The van der Waals surface area contributed by atoms with Crippen molar-refractivity contribution in [3.8, 4) is 23.0 Å². The van der Waals surface area contributed by atoms with Crippen molar-refractivity contribution >= 4 is 33.0 Å². The molecule has 3 saturated heterocycles. The van der Waals surface area contributed by atoms with Crippen LogP contribution in [0.15, 0.2) is 36.4 Å². The highest BCUT2D eigenvalue weighted by atomic mass is 19.1. The normalized spacial score (nSPS) is 25.0. The van der Waals surface area contributed by atoms with Crippen LogP contribution in [0.5, 0.6) is 11.8 Å². The Morgan fingerprint density at radius 3 is 2.70 bits per heavy atom. The van der Waals surface area contributed by atoms with E-state index in [1.807, 2.05) is 37.4 Å². The Balaban J connectivity index is 1.36. The number of phenols is 1. The van der Waals surface area contributed by atoms with Crippen LogP contribution in [0, 0.1) is 12.7 Å². The number of β-amino-alcohol motifs (C(OH)–C–C–N with tert-alkyl or cyclic N) is 1. The van der Waals surface area contributed by atoms with E-state index in [-0.39, 0.29) is 29.7 Å². The number of aromatic hydroxyl groups is 1. The summed E-state index contributed by atoms with van der Waals surface area (Å²) in [4.78, 5) is 14.2. The molecule has 9 nitrogen and oxygen atoms in total. The minimum Gasteiger partial charge on any atom is -0.508 e. The van der Waals surface area contributed by atoms with E-state index in [4.69, 9.17) is 19.8 Å². The summed E-state index contributed by atoms with van der Waals surface area (Å²) in [5, 5.41) is 29.0. The summed E-state index contributed by atoms with van der Waals surface area (Å²) >= 11 is 0. The summed E-state index contributed by atoms with van der Waals surface area (Å²) in [6, 6.07) is 10.5. The molecule has 2 aromatic carbocycles. The number of fused-ring (bicyclic) bond motifs is 5. The van der Waals surface area contributed by atoms with Crippen LogP contribution in [0.3, 0.4) is 0 Å². The van der Waals surface area contributed by atoms with Crippen LogP contribution in [-0.2, 0) is 6.42 Å². The van der Waals surface area contributed by atoms with Crippen LogP contribution in [0.1, 0.15) is 57.2 Å². The van der Waals surface area contributed by atoms with Crippen LogP contribution in [-0.4, -0.2) is 84.8 Å². The number of aliphatic hydroxyl groups is 1. The fourth-order valence-corrected chi connectivity index (χ4v) is 8.43. The van der Waals surface area contributed by atoms with Gasteiger partial charge in [0.1, 0.15) is 30.2 Å². The zero-order valence-electron chi connectivity index (χ0n) is 27.1. The Morgan fingerprint density at radius 1 is 1.06 bits per heavy atom. The summed E-state index contributed by atoms with van der Waals surface area (Å²) in [5.74, 6) is 0.392. The number of pyridine rings is 1. The van der Waals surface area contributed by atoms with E-state index >= 15 is 4.39 Å². The highest BCUT2D eigenvalue weighted by Crippen LogP contribution is 2.43. The first-order valence-electron chi connectivity index (χ1n) is 16.7. The van der Waals surface area contributed by atoms with Crippen LogP contribution in [0.4, 0.5) is 14.6 Å². The zero-order valence-corrected chi connectivity index (χ0v) is 27.1. The second-order valence-corrected chi connectivity index (χ2v) is 14.1. The summed E-state index contributed by atoms with van der Waals surface area (Å²) in [6.45, 7) is 8.32. The Hall–Kier alpha value is -4.09. The lowest BCUT2D eigenvalue weighted by atomic mass is 9.94. The molecule has 246 valence electrons. The third-order valence-corrected chi connectivity index (χ3v) is 10.5. The second-order valence-electron chi connectivity index (χ2n) is 14.1. The minimum atomic E-state index is -0.896. The number of nitrogens with zero attached hydrogens (tertiary/aromatic N) is 6. The highest BCUT2D eigenvalue weighted by Gasteiger charge is 2.49. The second kappa shape index (κ2) is 11.0. The number of halogens is 2. The minimum absolute atomic E-state index is 0.0596. The third-order valence-electron chi connectivity index (χ3n) is 10.5. The fourth-order valence-electron chi connectivity index (χ4n) is 8.43. The molecular weight excluding hydrogens is 602 g/mol. The number of alkyl halides is 1. The monoisotopic (exact) mass is 642 g/mol. The maximum Gasteiger partial charge on any atom is 0.319 e. The van der Waals surface area contributed by atoms with Gasteiger partial charge in [0.15, 0.2) is 0 Å². The van der Waals surface area contributed by atoms with Gasteiger partial charge in [0, 0.05) is 31.6 Å². The number of hydrogen-bond donors (Lipinski definition) is 2. The van der Waals surface area contributed by atoms with Gasteiger partial charge < -0.3 is 19.8 Å². The van der Waals surface area contributed by atoms with Gasteiger partial charge in [-0.1, -0.05) is 13.0 Å². The van der Waals surface area contributed by atoms with E-state index in [9.17, 15) is 14.6 Å². The molecule has 0 spiro atoms. The summed E-state index contributed by atoms with van der Waals surface area (Å²) in [6.07, 6.45) is 3.37. The average Bonchev–Trinajstić information content (AvgIpc) is 3.69. The smallest absolute Gasteiger partial charge is 0.319 e. The molecule has 0 aliphatic carbocycles. The number of hydrogen-bond acceptors (Lipinski definition) is 8. The topological polar surface area (TPSA) is 99.3 Å². The quantitative estimate of drug-likeness (QED) is 0.229. The maximum absolute atomic E-state index is 15.2. The Labute approximate surface area is 271 Å². The molecule has 0 bridgehead atoms. The first-order valence-corrected chi connectivity index (χ1v) is 16.7. The number of ether oxygens (including phenoxy) is 1. The van der Waals surface area contributed by atoms with E-state index in [2.05, 4.69) is 9.80 Å². The summed E-state index contributed by atoms with van der Waals surface area (Å²) < 4.78 is 38.0. The molecule has 0 unspecified atom stereocenters. The van der Waals surface area contributed by atoms with E-state index in [1.54, 1.807) is 18.2 Å². The van der Waals surface area contributed by atoms with Gasteiger partial charge in [-0.15, -0.1) is 0 Å². The van der Waals surface area contributed by atoms with Crippen LogP contribution < -0.4 is 9.64 Å². The Morgan fingerprint density at radius 2 is 1.89 bits per heavy atom. The largest absolute Gasteiger partial charge is 0.508 e. The van der Waals surface area contributed by atoms with Crippen molar-refractivity contribution in [1.29, 1.82) is 0 Å². The molecule has 3 aliphatic heterocycles. The molecule has 2 N–H and O–H groups in total. The van der Waals surface area contributed by atoms with Crippen molar-refractivity contribution in [2.24, 2.45) is 0 Å². The number of phenolic OH excluding ortho intramolecular Hbond substituents is 1. The van der Waals surface area contributed by atoms with Crippen molar-refractivity contribution in [3.05, 3.63) is 53.5 Å². The molecule has 47 heavy (non-hydrogen) atoms. The van der Waals surface area contributed by atoms with Gasteiger partial charge in [-0.3, -0.25) is 4.90 Å². The number of benzene rings is 2. The molecule has 0 saturated carbocycles. The van der Waals surface area contributed by atoms with Crippen LogP contribution >= 0.6 is 0 Å². The van der Waals surface area contributed by atoms with E-state index in [0.717, 1.165) is 47.8 Å². The van der Waals surface area contributed by atoms with E-state index in [0.29, 0.717) is 72.4 Å². The van der Waals surface area contributed by atoms with Crippen LogP contribution in [0.2, 0.25) is 0 Å². The lowest BCUT2D eigenvalue weighted by Crippen LogP contribution is -2.46. The average molecular weight is 643 g/mol. The molecule has 6 heterocycles. The predicted octanol–water partition coefficient (Wildman–Crippen LogP) is 6.12. The SMILES string of the molecule is CCc1c(F)ccc2cc(O)cc(-c3cc4nc(OC[C@@]56CCCN5C[C@H](F)C6)nc(N5CCC[C@@](C)(O)C5)c4c4cc(C)nn34)c12. The fraction of sp³-hybridized carbons (Fsp3) is 0.472. The lowest BCUT2D eigenvalue weighted by Gasteiger charge is -2.38. The van der Waals surface area contributed by atoms with Crippen molar-refractivity contribution in [2.75, 3.05) is 37.7 Å². The van der Waals surface area contributed by atoms with Gasteiger partial charge in [0.05, 0.1) is 38.9 Å². The van der Waals surface area contributed by atoms with Gasteiger partial charge >= 0.3 is 6.01 Å². The number of anilines is 1. The van der Waals surface area contributed by atoms with E-state index in [1.165, 1.54) is 6.07 Å². The molecule has 3 fully saturated rings. The Bertz CT molecular complexity index is 2050. The molecule has 11 heteroatoms. The van der Waals surface area contributed by atoms with Gasteiger partial charge in [0.2, 0.25) is 0 Å². The molecule has 0 radical (unpaired) electrons. The lowest BCUT2D eigenvalue weighted by molar-refractivity contribution is 0.0447. The standard InChI is InChI=1S/C36H40F2N6O3/c1-4-25-27(38)8-7-22-14-24(45)15-26(31(22)25)29-16-28-32(30-13-21(2)41-44(29)30)33(42-11-5-9-35(3,46)19-42)40-34(39-28)47-20-36-10-6-12-43(36)18-23(37)17-36/h7-8,13-16,23,45-46H,4-6,9-12,17-20H2,1-3H3/t23-,35-,36+/m1/s1. The van der Waals surface area contributed by atoms with Crippen molar-refractivity contribution in [3.63, 3.8) is 0 Å². The maximum atomic E-state index is 15.2. The van der Waals surface area contributed by atoms with Gasteiger partial charge in [0.25, 0.3) is 0 Å². The highest BCUT2D eigenvalue weighted by molar-refractivity contribution is 6.07. The molecule has 8 rings (SSSR count). The van der Waals surface area contributed by atoms with Crippen molar-refractivity contribution < 1.29 is 23.7 Å². The summed E-state index contributed by atoms with van der Waals surface area (Å²) in [7, 11) is 0. The van der Waals surface area contributed by atoms with Crippen molar-refractivity contribution in [1.82, 2.24) is 24.5 Å². The first kappa shape index (κ1) is 30.3. The number of aromatic nitrogens is 4. The number of rotatable bonds is 6. The van der Waals surface area contributed by atoms with Gasteiger partial charge in [-0.2, -0.15) is 15.1 Å². The van der Waals surface area contributed by atoms with Crippen molar-refractivity contribution in [2.45, 2.75) is 76.6 Å². The molecule has 3 atom stereocenters. The molecule has 3 aromatic heterocycles. The molecule has 0 amide bonds. The predicted molar refractivity (Wildman–Crippen MR) is 178 cm³/mol.